The van der Waals surface area contributed by atoms with Gasteiger partial charge in [-0.3, -0.25) is 0 Å². The van der Waals surface area contributed by atoms with E-state index < -0.39 is 0 Å². The summed E-state index contributed by atoms with van der Waals surface area (Å²) in [6.07, 6.45) is 0. The van der Waals surface area contributed by atoms with Crippen molar-refractivity contribution in [1.82, 2.24) is 5.32 Å². The highest BCUT2D eigenvalue weighted by Gasteiger charge is 2.05. The molecule has 0 radical (unpaired) electrons. The average Bonchev–Trinajstić information content (AvgIpc) is 2.34. The standard InChI is InChI=1S/C15H16FN/c1-11-9-12(7-8-15(11)16)14-6-4-3-5-13(14)10-17-2/h3-9,17H,10H2,1-2H3. The molecular formula is C15H16FN. The number of hydrogen-bond donors (Lipinski definition) is 1. The summed E-state index contributed by atoms with van der Waals surface area (Å²) in [5.74, 6) is -0.153. The molecule has 0 spiro atoms. The van der Waals surface area contributed by atoms with Gasteiger partial charge in [-0.2, -0.15) is 0 Å². The van der Waals surface area contributed by atoms with Crippen molar-refractivity contribution >= 4 is 0 Å². The van der Waals surface area contributed by atoms with E-state index in [1.807, 2.05) is 31.3 Å². The van der Waals surface area contributed by atoms with Crippen LogP contribution in [0.5, 0.6) is 0 Å². The molecule has 0 heterocycles. The van der Waals surface area contributed by atoms with Gasteiger partial charge in [0.05, 0.1) is 0 Å². The zero-order valence-corrected chi connectivity index (χ0v) is 10.1. The second kappa shape index (κ2) is 5.11. The molecule has 0 saturated carbocycles. The van der Waals surface area contributed by atoms with Gasteiger partial charge in [0.1, 0.15) is 5.82 Å². The molecule has 2 rings (SSSR count). The minimum absolute atomic E-state index is 0.153. The molecule has 0 atom stereocenters. The van der Waals surface area contributed by atoms with E-state index >= 15 is 0 Å². The van der Waals surface area contributed by atoms with Crippen LogP contribution < -0.4 is 5.32 Å². The number of aryl methyl sites for hydroxylation is 1. The van der Waals surface area contributed by atoms with Crippen LogP contribution in [0.1, 0.15) is 11.1 Å². The highest BCUT2D eigenvalue weighted by atomic mass is 19.1. The fraction of sp³-hybridized carbons (Fsp3) is 0.200. The fourth-order valence-electron chi connectivity index (χ4n) is 1.96. The molecule has 17 heavy (non-hydrogen) atoms. The van der Waals surface area contributed by atoms with Crippen LogP contribution in [0.2, 0.25) is 0 Å². The van der Waals surface area contributed by atoms with Crippen molar-refractivity contribution in [3.05, 3.63) is 59.4 Å². The Morgan fingerprint density at radius 3 is 2.59 bits per heavy atom. The number of halogens is 1. The number of hydrogen-bond acceptors (Lipinski definition) is 1. The monoisotopic (exact) mass is 229 g/mol. The Morgan fingerprint density at radius 2 is 1.88 bits per heavy atom. The maximum absolute atomic E-state index is 13.3. The molecule has 1 N–H and O–H groups in total. The van der Waals surface area contributed by atoms with Crippen LogP contribution in [0.3, 0.4) is 0 Å². The third-order valence-electron chi connectivity index (χ3n) is 2.85. The van der Waals surface area contributed by atoms with Gasteiger partial charge in [0.2, 0.25) is 0 Å². The molecule has 0 bridgehead atoms. The lowest BCUT2D eigenvalue weighted by Crippen LogP contribution is -2.06. The van der Waals surface area contributed by atoms with Crippen molar-refractivity contribution in [2.24, 2.45) is 0 Å². The zero-order valence-electron chi connectivity index (χ0n) is 10.1. The van der Waals surface area contributed by atoms with Crippen molar-refractivity contribution in [2.75, 3.05) is 7.05 Å². The number of nitrogens with one attached hydrogen (secondary N) is 1. The van der Waals surface area contributed by atoms with E-state index in [9.17, 15) is 4.39 Å². The first kappa shape index (κ1) is 11.8. The maximum atomic E-state index is 13.3. The lowest BCUT2D eigenvalue weighted by atomic mass is 9.98. The predicted molar refractivity (Wildman–Crippen MR) is 69.3 cm³/mol. The van der Waals surface area contributed by atoms with Gasteiger partial charge in [-0.25, -0.2) is 4.39 Å². The topological polar surface area (TPSA) is 12.0 Å². The van der Waals surface area contributed by atoms with Crippen LogP contribution in [0, 0.1) is 12.7 Å². The zero-order chi connectivity index (χ0) is 12.3. The van der Waals surface area contributed by atoms with E-state index in [-0.39, 0.29) is 5.82 Å². The molecule has 88 valence electrons. The van der Waals surface area contributed by atoms with Crippen LogP contribution >= 0.6 is 0 Å². The first-order valence-corrected chi connectivity index (χ1v) is 5.71. The van der Waals surface area contributed by atoms with Crippen molar-refractivity contribution < 1.29 is 4.39 Å². The minimum Gasteiger partial charge on any atom is -0.316 e. The molecule has 2 heteroatoms. The summed E-state index contributed by atoms with van der Waals surface area (Å²) in [7, 11) is 1.92. The van der Waals surface area contributed by atoms with Crippen LogP contribution in [-0.4, -0.2) is 7.05 Å². The van der Waals surface area contributed by atoms with Crippen LogP contribution in [0.15, 0.2) is 42.5 Å². The fourth-order valence-corrected chi connectivity index (χ4v) is 1.96. The number of benzene rings is 2. The summed E-state index contributed by atoms with van der Waals surface area (Å²) < 4.78 is 13.3. The van der Waals surface area contributed by atoms with E-state index in [4.69, 9.17) is 0 Å². The van der Waals surface area contributed by atoms with E-state index in [2.05, 4.69) is 17.4 Å². The lowest BCUT2D eigenvalue weighted by molar-refractivity contribution is 0.619. The van der Waals surface area contributed by atoms with Crippen molar-refractivity contribution in [1.29, 1.82) is 0 Å². The molecule has 0 fully saturated rings. The molecule has 0 aliphatic rings. The summed E-state index contributed by atoms with van der Waals surface area (Å²) in [5, 5.41) is 3.15. The summed E-state index contributed by atoms with van der Waals surface area (Å²) in [6, 6.07) is 13.4. The van der Waals surface area contributed by atoms with Crippen molar-refractivity contribution in [3.8, 4) is 11.1 Å². The summed E-state index contributed by atoms with van der Waals surface area (Å²) in [4.78, 5) is 0. The molecule has 2 aromatic rings. The van der Waals surface area contributed by atoms with Gasteiger partial charge in [0.15, 0.2) is 0 Å². The lowest BCUT2D eigenvalue weighted by Gasteiger charge is -2.10. The summed E-state index contributed by atoms with van der Waals surface area (Å²) in [5.41, 5.74) is 4.13. The Bertz CT molecular complexity index is 520. The van der Waals surface area contributed by atoms with E-state index in [1.165, 1.54) is 11.6 Å². The SMILES string of the molecule is CNCc1ccccc1-c1ccc(F)c(C)c1. The smallest absolute Gasteiger partial charge is 0.126 e. The van der Waals surface area contributed by atoms with Gasteiger partial charge >= 0.3 is 0 Å². The van der Waals surface area contributed by atoms with Crippen LogP contribution in [0.25, 0.3) is 11.1 Å². The van der Waals surface area contributed by atoms with Crippen LogP contribution in [0.4, 0.5) is 4.39 Å². The minimum atomic E-state index is -0.153. The molecular weight excluding hydrogens is 213 g/mol. The summed E-state index contributed by atoms with van der Waals surface area (Å²) in [6.45, 7) is 2.60. The molecule has 0 unspecified atom stereocenters. The van der Waals surface area contributed by atoms with Crippen LogP contribution in [-0.2, 0) is 6.54 Å². The largest absolute Gasteiger partial charge is 0.316 e. The molecule has 0 aliphatic carbocycles. The molecule has 0 aromatic heterocycles. The molecule has 0 aliphatic heterocycles. The van der Waals surface area contributed by atoms with Gasteiger partial charge in [-0.1, -0.05) is 30.3 Å². The van der Waals surface area contributed by atoms with E-state index in [0.717, 1.165) is 17.7 Å². The Labute approximate surface area is 101 Å². The number of rotatable bonds is 3. The van der Waals surface area contributed by atoms with Gasteiger partial charge < -0.3 is 5.32 Å². The second-order valence-electron chi connectivity index (χ2n) is 4.15. The molecule has 2 aromatic carbocycles. The summed E-state index contributed by atoms with van der Waals surface area (Å²) >= 11 is 0. The predicted octanol–water partition coefficient (Wildman–Crippen LogP) is 3.52. The highest BCUT2D eigenvalue weighted by Crippen LogP contribution is 2.25. The third kappa shape index (κ3) is 2.53. The first-order valence-electron chi connectivity index (χ1n) is 5.71. The average molecular weight is 229 g/mol. The normalized spacial score (nSPS) is 10.5. The van der Waals surface area contributed by atoms with E-state index in [1.54, 1.807) is 6.92 Å². The second-order valence-corrected chi connectivity index (χ2v) is 4.15. The van der Waals surface area contributed by atoms with Crippen molar-refractivity contribution in [3.63, 3.8) is 0 Å². The highest BCUT2D eigenvalue weighted by molar-refractivity contribution is 5.68. The quantitative estimate of drug-likeness (QED) is 0.849. The third-order valence-corrected chi connectivity index (χ3v) is 2.85. The van der Waals surface area contributed by atoms with Gasteiger partial charge in [-0.05, 0) is 48.4 Å². The Hall–Kier alpha value is -1.67. The van der Waals surface area contributed by atoms with Crippen molar-refractivity contribution in [2.45, 2.75) is 13.5 Å². The Kier molecular flexibility index (Phi) is 3.55. The van der Waals surface area contributed by atoms with E-state index in [0.29, 0.717) is 5.56 Å². The Balaban J connectivity index is 2.48. The van der Waals surface area contributed by atoms with Gasteiger partial charge in [0.25, 0.3) is 0 Å². The maximum Gasteiger partial charge on any atom is 0.126 e. The van der Waals surface area contributed by atoms with Gasteiger partial charge in [-0.15, -0.1) is 0 Å². The molecule has 0 saturated heterocycles. The Morgan fingerprint density at radius 1 is 1.12 bits per heavy atom. The molecule has 1 nitrogen and oxygen atoms in total. The van der Waals surface area contributed by atoms with Gasteiger partial charge in [0, 0.05) is 6.54 Å². The molecule has 0 amide bonds. The first-order chi connectivity index (χ1) is 8.22.